The molecule has 0 aliphatic heterocycles. The first kappa shape index (κ1) is 18.2. The maximum atomic E-state index is 12.5. The molecule has 2 aromatic rings. The second-order valence-electron chi connectivity index (χ2n) is 5.18. The monoisotopic (exact) mass is 374 g/mol. The van der Waals surface area contributed by atoms with Crippen molar-refractivity contribution in [3.63, 3.8) is 0 Å². The van der Waals surface area contributed by atoms with Crippen LogP contribution in [0.4, 0.5) is 0 Å². The fraction of sp³-hybridized carbons (Fsp3) is 0.429. The van der Waals surface area contributed by atoms with E-state index in [1.54, 1.807) is 26.0 Å². The van der Waals surface area contributed by atoms with Crippen molar-refractivity contribution in [3.05, 3.63) is 18.2 Å². The summed E-state index contributed by atoms with van der Waals surface area (Å²) in [7, 11) is -2.59. The Balaban J connectivity index is 2.36. The number of hydrogen-bond acceptors (Lipinski definition) is 7. The summed E-state index contributed by atoms with van der Waals surface area (Å²) >= 11 is 2.94. The minimum Gasteiger partial charge on any atom is -0.468 e. The molecule has 1 atom stereocenters. The lowest BCUT2D eigenvalue weighted by Gasteiger charge is -2.19. The second-order valence-corrected chi connectivity index (χ2v) is 8.98. The number of fused-ring (bicyclic) bond motifs is 1. The zero-order chi connectivity index (χ0) is 17.2. The van der Waals surface area contributed by atoms with E-state index in [1.807, 2.05) is 6.26 Å². The van der Waals surface area contributed by atoms with E-state index in [0.29, 0.717) is 0 Å². The van der Waals surface area contributed by atoms with Crippen LogP contribution in [0.1, 0.15) is 13.8 Å². The van der Waals surface area contributed by atoms with Crippen LogP contribution in [0.2, 0.25) is 0 Å². The van der Waals surface area contributed by atoms with E-state index in [0.717, 1.165) is 14.6 Å². The van der Waals surface area contributed by atoms with Gasteiger partial charge in [0, 0.05) is 0 Å². The van der Waals surface area contributed by atoms with Gasteiger partial charge in [-0.25, -0.2) is 13.4 Å². The molecule has 23 heavy (non-hydrogen) atoms. The van der Waals surface area contributed by atoms with Crippen LogP contribution >= 0.6 is 23.1 Å². The van der Waals surface area contributed by atoms with Gasteiger partial charge in [0.25, 0.3) is 0 Å². The first-order valence-electron chi connectivity index (χ1n) is 6.83. The number of thioether (sulfide) groups is 1. The molecule has 1 aromatic heterocycles. The highest BCUT2D eigenvalue weighted by Gasteiger charge is 2.29. The predicted molar refractivity (Wildman–Crippen MR) is 92.4 cm³/mol. The van der Waals surface area contributed by atoms with Crippen molar-refractivity contribution in [2.24, 2.45) is 5.92 Å². The number of esters is 1. The number of aromatic nitrogens is 1. The van der Waals surface area contributed by atoms with Crippen molar-refractivity contribution in [1.82, 2.24) is 9.71 Å². The molecule has 1 heterocycles. The topological polar surface area (TPSA) is 85.4 Å². The Morgan fingerprint density at radius 2 is 2.09 bits per heavy atom. The first-order chi connectivity index (χ1) is 10.8. The van der Waals surface area contributed by atoms with Gasteiger partial charge in [-0.15, -0.1) is 11.3 Å². The standard InChI is InChI=1S/C14H18N2O4S3/c1-8(2)12(13(17)20-3)16-23(18,19)9-5-6-10-11(7-9)22-14(15-10)21-4/h5-8,12,16H,1-4H3/t12-/m1/s1. The van der Waals surface area contributed by atoms with Crippen LogP contribution in [0.15, 0.2) is 27.4 Å². The van der Waals surface area contributed by atoms with Crippen LogP contribution in [0.25, 0.3) is 10.2 Å². The van der Waals surface area contributed by atoms with Crippen molar-refractivity contribution < 1.29 is 17.9 Å². The van der Waals surface area contributed by atoms with E-state index in [4.69, 9.17) is 0 Å². The fourth-order valence-corrected chi connectivity index (χ4v) is 4.92. The summed E-state index contributed by atoms with van der Waals surface area (Å²) in [6.07, 6.45) is 1.92. The summed E-state index contributed by atoms with van der Waals surface area (Å²) in [6.45, 7) is 3.50. The molecule has 0 spiro atoms. The van der Waals surface area contributed by atoms with Crippen LogP contribution in [0.3, 0.4) is 0 Å². The molecule has 1 aromatic carbocycles. The van der Waals surface area contributed by atoms with Gasteiger partial charge in [-0.1, -0.05) is 25.6 Å². The Kier molecular flexibility index (Phi) is 5.66. The number of sulfonamides is 1. The molecule has 9 heteroatoms. The number of hydrogen-bond donors (Lipinski definition) is 1. The molecule has 0 aliphatic rings. The van der Waals surface area contributed by atoms with Gasteiger partial charge in [0.05, 0.1) is 22.2 Å². The number of benzene rings is 1. The number of carbonyl (C=O) groups is 1. The molecule has 0 radical (unpaired) electrons. The third-order valence-electron chi connectivity index (χ3n) is 3.23. The van der Waals surface area contributed by atoms with Gasteiger partial charge >= 0.3 is 5.97 Å². The maximum absolute atomic E-state index is 12.5. The van der Waals surface area contributed by atoms with Crippen LogP contribution in [-0.4, -0.2) is 38.8 Å². The molecule has 0 amide bonds. The fourth-order valence-electron chi connectivity index (χ4n) is 1.96. The lowest BCUT2D eigenvalue weighted by atomic mass is 10.1. The lowest BCUT2D eigenvalue weighted by molar-refractivity contribution is -0.143. The summed E-state index contributed by atoms with van der Waals surface area (Å²) in [6, 6.07) is 3.80. The minimum atomic E-state index is -3.83. The second kappa shape index (κ2) is 7.16. The molecule has 0 fully saturated rings. The summed E-state index contributed by atoms with van der Waals surface area (Å²) in [5.41, 5.74) is 0.756. The van der Waals surface area contributed by atoms with Gasteiger partial charge in [0.1, 0.15) is 6.04 Å². The van der Waals surface area contributed by atoms with E-state index in [1.165, 1.54) is 36.3 Å². The van der Waals surface area contributed by atoms with Crippen LogP contribution in [0.5, 0.6) is 0 Å². The number of rotatable bonds is 6. The van der Waals surface area contributed by atoms with Crippen molar-refractivity contribution in [2.45, 2.75) is 29.1 Å². The van der Waals surface area contributed by atoms with Gasteiger partial charge in [-0.2, -0.15) is 4.72 Å². The SMILES string of the molecule is COC(=O)[C@H](NS(=O)(=O)c1ccc2nc(SC)sc2c1)C(C)C. The van der Waals surface area contributed by atoms with Crippen molar-refractivity contribution in [1.29, 1.82) is 0 Å². The van der Waals surface area contributed by atoms with Crippen molar-refractivity contribution in [3.8, 4) is 0 Å². The zero-order valence-electron chi connectivity index (χ0n) is 13.2. The number of methoxy groups -OCH3 is 1. The number of nitrogens with one attached hydrogen (secondary N) is 1. The highest BCUT2D eigenvalue weighted by atomic mass is 32.2. The third-order valence-corrected chi connectivity index (χ3v) is 6.67. The van der Waals surface area contributed by atoms with Gasteiger partial charge in [0.2, 0.25) is 10.0 Å². The highest BCUT2D eigenvalue weighted by Crippen LogP contribution is 2.29. The average molecular weight is 375 g/mol. The summed E-state index contributed by atoms with van der Waals surface area (Å²) in [5, 5.41) is 0. The highest BCUT2D eigenvalue weighted by molar-refractivity contribution is 8.00. The molecule has 0 saturated carbocycles. The molecule has 0 bridgehead atoms. The van der Waals surface area contributed by atoms with E-state index in [-0.39, 0.29) is 10.8 Å². The number of thiazole rings is 1. The Labute approximate surface area is 143 Å². The summed E-state index contributed by atoms with van der Waals surface area (Å²) < 4.78 is 33.8. The number of ether oxygens (including phenoxy) is 1. The van der Waals surface area contributed by atoms with E-state index in [2.05, 4.69) is 14.4 Å². The molecule has 6 nitrogen and oxygen atoms in total. The predicted octanol–water partition coefficient (Wildman–Crippen LogP) is 2.49. The van der Waals surface area contributed by atoms with Gasteiger partial charge in [-0.3, -0.25) is 4.79 Å². The van der Waals surface area contributed by atoms with E-state index in [9.17, 15) is 13.2 Å². The summed E-state index contributed by atoms with van der Waals surface area (Å²) in [4.78, 5) is 16.2. The first-order valence-corrected chi connectivity index (χ1v) is 10.4. The smallest absolute Gasteiger partial charge is 0.324 e. The third kappa shape index (κ3) is 4.03. The number of nitrogens with zero attached hydrogens (tertiary/aromatic N) is 1. The molecule has 1 N–H and O–H groups in total. The maximum Gasteiger partial charge on any atom is 0.324 e. The molecule has 0 saturated heterocycles. The van der Waals surface area contributed by atoms with Gasteiger partial charge in [-0.05, 0) is 30.4 Å². The lowest BCUT2D eigenvalue weighted by Crippen LogP contribution is -2.44. The molecular weight excluding hydrogens is 356 g/mol. The van der Waals surface area contributed by atoms with Crippen LogP contribution in [0, 0.1) is 5.92 Å². The van der Waals surface area contributed by atoms with Gasteiger partial charge < -0.3 is 4.74 Å². The largest absolute Gasteiger partial charge is 0.468 e. The van der Waals surface area contributed by atoms with E-state index < -0.39 is 22.0 Å². The summed E-state index contributed by atoms with van der Waals surface area (Å²) in [5.74, 6) is -0.834. The van der Waals surface area contributed by atoms with Crippen molar-refractivity contribution >= 4 is 49.3 Å². The van der Waals surface area contributed by atoms with E-state index >= 15 is 0 Å². The Bertz CT molecular complexity index is 815. The van der Waals surface area contributed by atoms with Crippen LogP contribution in [-0.2, 0) is 19.6 Å². The average Bonchev–Trinajstić information content (AvgIpc) is 2.93. The molecule has 0 aliphatic carbocycles. The molecule has 2 rings (SSSR count). The molecular formula is C14H18N2O4S3. The van der Waals surface area contributed by atoms with Gasteiger partial charge in [0.15, 0.2) is 4.34 Å². The Morgan fingerprint density at radius 1 is 1.39 bits per heavy atom. The number of carbonyl (C=O) groups excluding carboxylic acids is 1. The molecule has 126 valence electrons. The molecule has 0 unspecified atom stereocenters. The normalized spacial score (nSPS) is 13.4. The zero-order valence-corrected chi connectivity index (χ0v) is 15.6. The quantitative estimate of drug-likeness (QED) is 0.618. The van der Waals surface area contributed by atoms with Crippen LogP contribution < -0.4 is 4.72 Å². The van der Waals surface area contributed by atoms with Crippen molar-refractivity contribution in [2.75, 3.05) is 13.4 Å². The Hall–Kier alpha value is -1.16. The Morgan fingerprint density at radius 3 is 2.65 bits per heavy atom. The minimum absolute atomic E-state index is 0.107.